The van der Waals surface area contributed by atoms with Crippen LogP contribution in [0.25, 0.3) is 0 Å². The van der Waals surface area contributed by atoms with Gasteiger partial charge in [0.15, 0.2) is 0 Å². The average molecular weight is 408 g/mol. The molecule has 0 saturated carbocycles. The molecular weight excluding hydrogens is 380 g/mol. The standard InChI is InChI=1S/C24H28N2O4/c1-24(2,3)26(16-17-11-13-18(30-4)14-12-17)21(27)10-7-15-25-22(28)19-8-5-6-9-20(19)23(25)29/h5-6,8-9,11-14H,7,10,15-16H2,1-4H3. The van der Waals surface area contributed by atoms with Crippen LogP contribution in [-0.2, 0) is 11.3 Å². The van der Waals surface area contributed by atoms with Gasteiger partial charge in [-0.3, -0.25) is 19.3 Å². The van der Waals surface area contributed by atoms with Crippen LogP contribution in [0.5, 0.6) is 5.75 Å². The number of hydrogen-bond donors (Lipinski definition) is 0. The zero-order valence-electron chi connectivity index (χ0n) is 18.0. The van der Waals surface area contributed by atoms with Crippen LogP contribution in [0, 0.1) is 0 Å². The number of ether oxygens (including phenoxy) is 1. The van der Waals surface area contributed by atoms with Crippen LogP contribution in [0.2, 0.25) is 0 Å². The highest BCUT2D eigenvalue weighted by Crippen LogP contribution is 2.24. The summed E-state index contributed by atoms with van der Waals surface area (Å²) in [5, 5.41) is 0. The minimum atomic E-state index is -0.355. The second-order valence-electron chi connectivity index (χ2n) is 8.41. The number of nitrogens with zero attached hydrogens (tertiary/aromatic N) is 2. The molecule has 2 aromatic carbocycles. The summed E-state index contributed by atoms with van der Waals surface area (Å²) in [6, 6.07) is 14.5. The SMILES string of the molecule is COc1ccc(CN(C(=O)CCCN2C(=O)c3ccccc3C2=O)C(C)(C)C)cc1. The Labute approximate surface area is 177 Å². The average Bonchev–Trinajstić information content (AvgIpc) is 2.96. The predicted molar refractivity (Wildman–Crippen MR) is 114 cm³/mol. The molecule has 6 heteroatoms. The Bertz CT molecular complexity index is 909. The zero-order chi connectivity index (χ0) is 21.9. The number of carbonyl (C=O) groups is 3. The fourth-order valence-electron chi connectivity index (χ4n) is 3.58. The van der Waals surface area contributed by atoms with Gasteiger partial charge in [0.25, 0.3) is 11.8 Å². The molecule has 0 spiro atoms. The fourth-order valence-corrected chi connectivity index (χ4v) is 3.58. The summed E-state index contributed by atoms with van der Waals surface area (Å²) >= 11 is 0. The maximum Gasteiger partial charge on any atom is 0.261 e. The number of methoxy groups -OCH3 is 1. The lowest BCUT2D eigenvalue weighted by molar-refractivity contribution is -0.137. The highest BCUT2D eigenvalue weighted by Gasteiger charge is 2.35. The van der Waals surface area contributed by atoms with Gasteiger partial charge in [0.2, 0.25) is 5.91 Å². The minimum absolute atomic E-state index is 0.00470. The molecule has 1 aliphatic heterocycles. The summed E-state index contributed by atoms with van der Waals surface area (Å²) in [6.07, 6.45) is 0.695. The molecule has 0 unspecified atom stereocenters. The van der Waals surface area contributed by atoms with Crippen molar-refractivity contribution in [3.8, 4) is 5.75 Å². The van der Waals surface area contributed by atoms with Gasteiger partial charge in [-0.15, -0.1) is 0 Å². The third-order valence-electron chi connectivity index (χ3n) is 5.26. The second-order valence-corrected chi connectivity index (χ2v) is 8.41. The van der Waals surface area contributed by atoms with Gasteiger partial charge in [0.1, 0.15) is 5.75 Å². The summed E-state index contributed by atoms with van der Waals surface area (Å²) in [5.41, 5.74) is 1.53. The van der Waals surface area contributed by atoms with Crippen LogP contribution in [0.15, 0.2) is 48.5 Å². The number of amides is 3. The van der Waals surface area contributed by atoms with E-state index in [0.717, 1.165) is 11.3 Å². The van der Waals surface area contributed by atoms with E-state index in [-0.39, 0.29) is 36.2 Å². The quantitative estimate of drug-likeness (QED) is 0.652. The summed E-state index contributed by atoms with van der Waals surface area (Å²) in [4.78, 5) is 41.0. The van der Waals surface area contributed by atoms with E-state index < -0.39 is 0 Å². The van der Waals surface area contributed by atoms with E-state index in [1.807, 2.05) is 49.9 Å². The lowest BCUT2D eigenvalue weighted by atomic mass is 10.0. The van der Waals surface area contributed by atoms with E-state index >= 15 is 0 Å². The van der Waals surface area contributed by atoms with E-state index in [2.05, 4.69) is 0 Å². The van der Waals surface area contributed by atoms with Gasteiger partial charge in [0.05, 0.1) is 18.2 Å². The summed E-state index contributed by atoms with van der Waals surface area (Å²) in [7, 11) is 1.62. The largest absolute Gasteiger partial charge is 0.497 e. The van der Waals surface area contributed by atoms with E-state index in [1.54, 1.807) is 31.4 Å². The van der Waals surface area contributed by atoms with E-state index in [1.165, 1.54) is 4.90 Å². The van der Waals surface area contributed by atoms with Gasteiger partial charge >= 0.3 is 0 Å². The molecule has 3 amide bonds. The predicted octanol–water partition coefficient (Wildman–Crippen LogP) is 3.90. The Hall–Kier alpha value is -3.15. The van der Waals surface area contributed by atoms with Gasteiger partial charge in [-0.25, -0.2) is 0 Å². The normalized spacial score (nSPS) is 13.4. The molecule has 0 aliphatic carbocycles. The smallest absolute Gasteiger partial charge is 0.261 e. The molecule has 0 bridgehead atoms. The summed E-state index contributed by atoms with van der Waals surface area (Å²) < 4.78 is 5.19. The van der Waals surface area contributed by atoms with Crippen molar-refractivity contribution in [2.45, 2.75) is 45.7 Å². The molecule has 0 N–H and O–H groups in total. The van der Waals surface area contributed by atoms with Crippen molar-refractivity contribution in [3.63, 3.8) is 0 Å². The number of benzene rings is 2. The van der Waals surface area contributed by atoms with E-state index in [0.29, 0.717) is 24.1 Å². The van der Waals surface area contributed by atoms with Gasteiger partial charge in [0, 0.05) is 25.0 Å². The minimum Gasteiger partial charge on any atom is -0.497 e. The van der Waals surface area contributed by atoms with Crippen LogP contribution in [0.4, 0.5) is 0 Å². The number of rotatable bonds is 7. The van der Waals surface area contributed by atoms with Crippen LogP contribution >= 0.6 is 0 Å². The number of imide groups is 1. The van der Waals surface area contributed by atoms with E-state index in [4.69, 9.17) is 4.74 Å². The molecule has 0 aromatic heterocycles. The van der Waals surface area contributed by atoms with Crippen molar-refractivity contribution in [2.75, 3.05) is 13.7 Å². The maximum atomic E-state index is 13.0. The molecule has 1 aliphatic rings. The Morgan fingerprint density at radius 1 is 0.967 bits per heavy atom. The third kappa shape index (κ3) is 4.53. The van der Waals surface area contributed by atoms with Crippen molar-refractivity contribution in [3.05, 3.63) is 65.2 Å². The monoisotopic (exact) mass is 408 g/mol. The lowest BCUT2D eigenvalue weighted by Crippen LogP contribution is -2.45. The van der Waals surface area contributed by atoms with Crippen LogP contribution in [0.3, 0.4) is 0 Å². The van der Waals surface area contributed by atoms with Crippen molar-refractivity contribution in [1.29, 1.82) is 0 Å². The Morgan fingerprint density at radius 3 is 2.03 bits per heavy atom. The molecule has 0 atom stereocenters. The van der Waals surface area contributed by atoms with Crippen LogP contribution in [-0.4, -0.2) is 46.7 Å². The molecule has 0 radical (unpaired) electrons. The second kappa shape index (κ2) is 8.69. The molecule has 0 saturated heterocycles. The molecule has 6 nitrogen and oxygen atoms in total. The first-order chi connectivity index (χ1) is 14.2. The fraction of sp³-hybridized carbons (Fsp3) is 0.375. The Morgan fingerprint density at radius 2 is 1.53 bits per heavy atom. The summed E-state index contributed by atoms with van der Waals surface area (Å²) in [6.45, 7) is 6.72. The zero-order valence-corrected chi connectivity index (χ0v) is 18.0. The van der Waals surface area contributed by atoms with Gasteiger partial charge < -0.3 is 9.64 Å². The first kappa shape index (κ1) is 21.6. The van der Waals surface area contributed by atoms with Crippen molar-refractivity contribution < 1.29 is 19.1 Å². The number of carbonyl (C=O) groups excluding carboxylic acids is 3. The molecular formula is C24H28N2O4. The third-order valence-corrected chi connectivity index (χ3v) is 5.26. The molecule has 3 rings (SSSR count). The van der Waals surface area contributed by atoms with Crippen molar-refractivity contribution in [2.24, 2.45) is 0 Å². The van der Waals surface area contributed by atoms with Crippen LogP contribution in [0.1, 0.15) is 59.9 Å². The van der Waals surface area contributed by atoms with Gasteiger partial charge in [-0.1, -0.05) is 24.3 Å². The molecule has 0 fully saturated rings. The molecule has 30 heavy (non-hydrogen) atoms. The summed E-state index contributed by atoms with van der Waals surface area (Å²) in [5.74, 6) is 0.200. The van der Waals surface area contributed by atoms with Crippen molar-refractivity contribution >= 4 is 17.7 Å². The molecule has 1 heterocycles. The van der Waals surface area contributed by atoms with Gasteiger partial charge in [-0.05, 0) is 57.0 Å². The van der Waals surface area contributed by atoms with Crippen molar-refractivity contribution in [1.82, 2.24) is 9.80 Å². The Balaban J connectivity index is 1.61. The first-order valence-corrected chi connectivity index (χ1v) is 10.1. The highest BCUT2D eigenvalue weighted by molar-refractivity contribution is 6.21. The van der Waals surface area contributed by atoms with E-state index in [9.17, 15) is 14.4 Å². The first-order valence-electron chi connectivity index (χ1n) is 10.1. The Kier molecular flexibility index (Phi) is 6.25. The van der Waals surface area contributed by atoms with Crippen LogP contribution < -0.4 is 4.74 Å². The lowest BCUT2D eigenvalue weighted by Gasteiger charge is -2.36. The topological polar surface area (TPSA) is 66.9 Å². The maximum absolute atomic E-state index is 13.0. The number of hydrogen-bond acceptors (Lipinski definition) is 4. The number of fused-ring (bicyclic) bond motifs is 1. The highest BCUT2D eigenvalue weighted by atomic mass is 16.5. The van der Waals surface area contributed by atoms with Gasteiger partial charge in [-0.2, -0.15) is 0 Å². The molecule has 158 valence electrons. The molecule has 2 aromatic rings.